The van der Waals surface area contributed by atoms with Gasteiger partial charge in [-0.2, -0.15) is 0 Å². The number of carboxylic acid groups (broad SMARTS) is 1. The van der Waals surface area contributed by atoms with Crippen molar-refractivity contribution in [2.24, 2.45) is 0 Å². The van der Waals surface area contributed by atoms with Crippen LogP contribution in [0.3, 0.4) is 0 Å². The van der Waals surface area contributed by atoms with Crippen LogP contribution in [0.25, 0.3) is 0 Å². The SMILES string of the molecule is C[C@H](NCc1cc(C(=O)O)co1)c1ccccc1. The van der Waals surface area contributed by atoms with Crippen LogP contribution in [0.5, 0.6) is 0 Å². The van der Waals surface area contributed by atoms with E-state index in [-0.39, 0.29) is 11.6 Å². The molecule has 2 aromatic rings. The second-order valence-electron chi connectivity index (χ2n) is 4.12. The maximum Gasteiger partial charge on any atom is 0.338 e. The average molecular weight is 245 g/mol. The molecule has 0 bridgehead atoms. The van der Waals surface area contributed by atoms with Gasteiger partial charge in [0.1, 0.15) is 12.0 Å². The molecule has 1 aromatic heterocycles. The van der Waals surface area contributed by atoms with E-state index in [1.165, 1.54) is 17.9 Å². The Hall–Kier alpha value is -2.07. The fourth-order valence-corrected chi connectivity index (χ4v) is 1.70. The van der Waals surface area contributed by atoms with E-state index in [1.54, 1.807) is 0 Å². The Labute approximate surface area is 105 Å². The van der Waals surface area contributed by atoms with Crippen molar-refractivity contribution in [2.75, 3.05) is 0 Å². The van der Waals surface area contributed by atoms with Gasteiger partial charge in [0, 0.05) is 6.04 Å². The first-order valence-corrected chi connectivity index (χ1v) is 5.76. The zero-order chi connectivity index (χ0) is 13.0. The first-order valence-electron chi connectivity index (χ1n) is 5.76. The highest BCUT2D eigenvalue weighted by Crippen LogP contribution is 2.13. The van der Waals surface area contributed by atoms with Gasteiger partial charge in [-0.05, 0) is 18.6 Å². The van der Waals surface area contributed by atoms with Crippen LogP contribution in [0.1, 0.15) is 34.6 Å². The van der Waals surface area contributed by atoms with E-state index in [4.69, 9.17) is 9.52 Å². The van der Waals surface area contributed by atoms with Crippen molar-refractivity contribution in [1.82, 2.24) is 5.32 Å². The zero-order valence-electron chi connectivity index (χ0n) is 10.1. The summed E-state index contributed by atoms with van der Waals surface area (Å²) in [5.74, 6) is -0.351. The predicted octanol–water partition coefficient (Wildman–Crippen LogP) is 2.83. The number of hydrogen-bond donors (Lipinski definition) is 2. The lowest BCUT2D eigenvalue weighted by Crippen LogP contribution is -2.17. The van der Waals surface area contributed by atoms with Gasteiger partial charge in [-0.25, -0.2) is 4.79 Å². The first kappa shape index (κ1) is 12.4. The highest BCUT2D eigenvalue weighted by Gasteiger charge is 2.09. The lowest BCUT2D eigenvalue weighted by molar-refractivity contribution is 0.0696. The minimum Gasteiger partial charge on any atom is -0.478 e. The number of furan rings is 1. The number of carboxylic acids is 1. The minimum atomic E-state index is -0.971. The fourth-order valence-electron chi connectivity index (χ4n) is 1.70. The molecule has 0 aliphatic heterocycles. The van der Waals surface area contributed by atoms with Crippen LogP contribution < -0.4 is 5.32 Å². The second kappa shape index (κ2) is 5.51. The number of hydrogen-bond acceptors (Lipinski definition) is 3. The predicted molar refractivity (Wildman–Crippen MR) is 67.4 cm³/mol. The maximum absolute atomic E-state index is 10.7. The van der Waals surface area contributed by atoms with Gasteiger partial charge in [0.2, 0.25) is 0 Å². The van der Waals surface area contributed by atoms with E-state index in [0.29, 0.717) is 12.3 Å². The Balaban J connectivity index is 1.93. The highest BCUT2D eigenvalue weighted by atomic mass is 16.4. The number of aromatic carboxylic acids is 1. The van der Waals surface area contributed by atoms with Gasteiger partial charge in [0.25, 0.3) is 0 Å². The van der Waals surface area contributed by atoms with E-state index in [2.05, 4.69) is 12.2 Å². The van der Waals surface area contributed by atoms with Crippen LogP contribution in [-0.4, -0.2) is 11.1 Å². The van der Waals surface area contributed by atoms with E-state index >= 15 is 0 Å². The maximum atomic E-state index is 10.7. The van der Waals surface area contributed by atoms with E-state index < -0.39 is 5.97 Å². The molecule has 18 heavy (non-hydrogen) atoms. The molecule has 0 radical (unpaired) electrons. The van der Waals surface area contributed by atoms with Crippen molar-refractivity contribution in [3.05, 3.63) is 59.5 Å². The molecule has 2 N–H and O–H groups in total. The summed E-state index contributed by atoms with van der Waals surface area (Å²) in [6.07, 6.45) is 1.26. The number of nitrogens with one attached hydrogen (secondary N) is 1. The topological polar surface area (TPSA) is 62.5 Å². The molecule has 1 atom stereocenters. The number of benzene rings is 1. The molecule has 0 unspecified atom stereocenters. The molecule has 1 aromatic carbocycles. The molecule has 1 heterocycles. The Morgan fingerprint density at radius 2 is 2.11 bits per heavy atom. The number of carbonyl (C=O) groups is 1. The molecule has 0 aliphatic carbocycles. The molecule has 2 rings (SSSR count). The van der Waals surface area contributed by atoms with E-state index in [9.17, 15) is 4.79 Å². The van der Waals surface area contributed by atoms with Gasteiger partial charge in [-0.1, -0.05) is 30.3 Å². The van der Waals surface area contributed by atoms with Gasteiger partial charge in [0.15, 0.2) is 0 Å². The number of rotatable bonds is 5. The van der Waals surface area contributed by atoms with Gasteiger partial charge < -0.3 is 14.8 Å². The zero-order valence-corrected chi connectivity index (χ0v) is 10.1. The highest BCUT2D eigenvalue weighted by molar-refractivity contribution is 5.87. The molecule has 94 valence electrons. The van der Waals surface area contributed by atoms with Crippen LogP contribution >= 0.6 is 0 Å². The summed E-state index contributed by atoms with van der Waals surface area (Å²) in [7, 11) is 0. The Bertz CT molecular complexity index is 519. The monoisotopic (exact) mass is 245 g/mol. The molecule has 0 aliphatic rings. The van der Waals surface area contributed by atoms with Crippen molar-refractivity contribution >= 4 is 5.97 Å². The molecular formula is C14H15NO3. The molecule has 0 fully saturated rings. The standard InChI is InChI=1S/C14H15NO3/c1-10(11-5-3-2-4-6-11)15-8-13-7-12(9-18-13)14(16)17/h2-7,9-10,15H,8H2,1H3,(H,16,17)/t10-/m0/s1. The van der Waals surface area contributed by atoms with Crippen molar-refractivity contribution in [2.45, 2.75) is 19.5 Å². The largest absolute Gasteiger partial charge is 0.478 e. The summed E-state index contributed by atoms with van der Waals surface area (Å²) < 4.78 is 5.17. The Morgan fingerprint density at radius 3 is 2.72 bits per heavy atom. The molecule has 0 spiro atoms. The van der Waals surface area contributed by atoms with E-state index in [1.807, 2.05) is 30.3 Å². The minimum absolute atomic E-state index is 0.180. The van der Waals surface area contributed by atoms with Gasteiger partial charge >= 0.3 is 5.97 Å². The molecule has 0 saturated heterocycles. The van der Waals surface area contributed by atoms with Crippen LogP contribution in [-0.2, 0) is 6.54 Å². The Kier molecular flexibility index (Phi) is 3.79. The molecular weight excluding hydrogens is 230 g/mol. The van der Waals surface area contributed by atoms with Crippen LogP contribution in [0, 0.1) is 0 Å². The van der Waals surface area contributed by atoms with Crippen molar-refractivity contribution < 1.29 is 14.3 Å². The average Bonchev–Trinajstić information content (AvgIpc) is 2.86. The summed E-state index contributed by atoms with van der Waals surface area (Å²) in [6.45, 7) is 2.56. The lowest BCUT2D eigenvalue weighted by Gasteiger charge is -2.12. The third-order valence-electron chi connectivity index (χ3n) is 2.78. The van der Waals surface area contributed by atoms with Gasteiger partial charge in [0.05, 0.1) is 12.1 Å². The van der Waals surface area contributed by atoms with Crippen molar-refractivity contribution in [3.63, 3.8) is 0 Å². The first-order chi connectivity index (χ1) is 8.66. The van der Waals surface area contributed by atoms with Crippen LogP contribution in [0.15, 0.2) is 47.1 Å². The van der Waals surface area contributed by atoms with Crippen LogP contribution in [0.4, 0.5) is 0 Å². The molecule has 4 nitrogen and oxygen atoms in total. The van der Waals surface area contributed by atoms with Crippen molar-refractivity contribution in [3.8, 4) is 0 Å². The second-order valence-corrected chi connectivity index (χ2v) is 4.12. The summed E-state index contributed by atoms with van der Waals surface area (Å²) in [5.41, 5.74) is 1.36. The normalized spacial score (nSPS) is 12.3. The quantitative estimate of drug-likeness (QED) is 0.850. The third kappa shape index (κ3) is 2.99. The Morgan fingerprint density at radius 1 is 1.39 bits per heavy atom. The summed E-state index contributed by atoms with van der Waals surface area (Å²) >= 11 is 0. The molecule has 4 heteroatoms. The van der Waals surface area contributed by atoms with E-state index in [0.717, 1.165) is 0 Å². The third-order valence-corrected chi connectivity index (χ3v) is 2.78. The lowest BCUT2D eigenvalue weighted by atomic mass is 10.1. The fraction of sp³-hybridized carbons (Fsp3) is 0.214. The summed E-state index contributed by atoms with van der Waals surface area (Å²) in [4.78, 5) is 10.7. The summed E-state index contributed by atoms with van der Waals surface area (Å²) in [5, 5.41) is 12.1. The smallest absolute Gasteiger partial charge is 0.338 e. The molecule has 0 saturated carbocycles. The molecule has 0 amide bonds. The van der Waals surface area contributed by atoms with Crippen LogP contribution in [0.2, 0.25) is 0 Å². The summed E-state index contributed by atoms with van der Waals surface area (Å²) in [6, 6.07) is 11.8. The van der Waals surface area contributed by atoms with Gasteiger partial charge in [-0.3, -0.25) is 0 Å². The van der Waals surface area contributed by atoms with Gasteiger partial charge in [-0.15, -0.1) is 0 Å². The van der Waals surface area contributed by atoms with Crippen molar-refractivity contribution in [1.29, 1.82) is 0 Å².